The molecule has 1 aliphatic heterocycles. The average molecular weight is 363 g/mol. The van der Waals surface area contributed by atoms with E-state index in [1.54, 1.807) is 6.92 Å². The van der Waals surface area contributed by atoms with E-state index in [0.717, 1.165) is 11.8 Å². The summed E-state index contributed by atoms with van der Waals surface area (Å²) in [7, 11) is -4.40. The molecule has 0 bridgehead atoms. The van der Waals surface area contributed by atoms with Crippen LogP contribution >= 0.6 is 0 Å². The van der Waals surface area contributed by atoms with Crippen LogP contribution in [0.5, 0.6) is 0 Å². The SMILES string of the molecule is CCOC(=O)C1NC=C(S(=O)(=O)c2ccc(C)cc2)C1C(F)(F)F. The van der Waals surface area contributed by atoms with E-state index in [4.69, 9.17) is 0 Å². The van der Waals surface area contributed by atoms with Gasteiger partial charge in [-0.2, -0.15) is 13.2 Å². The second-order valence-electron chi connectivity index (χ2n) is 5.28. The number of rotatable bonds is 4. The van der Waals surface area contributed by atoms with Crippen LogP contribution in [0.1, 0.15) is 12.5 Å². The zero-order chi connectivity index (χ0) is 18.1. The molecule has 0 amide bonds. The van der Waals surface area contributed by atoms with Crippen LogP contribution in [0.3, 0.4) is 0 Å². The number of sulfone groups is 1. The van der Waals surface area contributed by atoms with Crippen LogP contribution in [-0.4, -0.2) is 33.2 Å². The van der Waals surface area contributed by atoms with E-state index >= 15 is 0 Å². The van der Waals surface area contributed by atoms with E-state index in [1.165, 1.54) is 31.2 Å². The van der Waals surface area contributed by atoms with Gasteiger partial charge < -0.3 is 10.1 Å². The van der Waals surface area contributed by atoms with Gasteiger partial charge in [0.1, 0.15) is 12.0 Å². The Bertz CT molecular complexity index is 754. The number of hydrogen-bond acceptors (Lipinski definition) is 5. The smallest absolute Gasteiger partial charge is 0.399 e. The standard InChI is InChI=1S/C15H16F3NO4S/c1-3-23-14(20)13-12(15(16,17)18)11(8-19-13)24(21,22)10-6-4-9(2)5-7-10/h4-8,12-13,19H,3H2,1-2H3. The molecule has 0 fully saturated rings. The first-order valence-corrected chi connectivity index (χ1v) is 8.58. The lowest BCUT2D eigenvalue weighted by atomic mass is 10.0. The summed E-state index contributed by atoms with van der Waals surface area (Å²) in [6.07, 6.45) is -4.19. The van der Waals surface area contributed by atoms with Crippen LogP contribution in [0.2, 0.25) is 0 Å². The van der Waals surface area contributed by atoms with Crippen molar-refractivity contribution in [3.63, 3.8) is 0 Å². The predicted octanol–water partition coefficient (Wildman–Crippen LogP) is 2.32. The van der Waals surface area contributed by atoms with Crippen molar-refractivity contribution < 1.29 is 31.1 Å². The van der Waals surface area contributed by atoms with Crippen molar-refractivity contribution in [2.24, 2.45) is 5.92 Å². The highest BCUT2D eigenvalue weighted by Gasteiger charge is 2.56. The van der Waals surface area contributed by atoms with Gasteiger partial charge in [-0.15, -0.1) is 0 Å². The maximum absolute atomic E-state index is 13.4. The van der Waals surface area contributed by atoms with E-state index in [1.807, 2.05) is 0 Å². The quantitative estimate of drug-likeness (QED) is 0.832. The molecular weight excluding hydrogens is 347 g/mol. The second kappa shape index (κ2) is 6.46. The van der Waals surface area contributed by atoms with Crippen LogP contribution in [-0.2, 0) is 19.4 Å². The van der Waals surface area contributed by atoms with Gasteiger partial charge in [0.2, 0.25) is 9.84 Å². The van der Waals surface area contributed by atoms with Gasteiger partial charge in [-0.05, 0) is 26.0 Å². The molecule has 132 valence electrons. The Hall–Kier alpha value is -2.03. The number of nitrogens with one attached hydrogen (secondary N) is 1. The van der Waals surface area contributed by atoms with Gasteiger partial charge in [0.25, 0.3) is 0 Å². The van der Waals surface area contributed by atoms with Gasteiger partial charge in [0, 0.05) is 6.20 Å². The van der Waals surface area contributed by atoms with Crippen LogP contribution < -0.4 is 5.32 Å². The van der Waals surface area contributed by atoms with Crippen LogP contribution in [0, 0.1) is 12.8 Å². The van der Waals surface area contributed by atoms with Crippen molar-refractivity contribution in [1.29, 1.82) is 0 Å². The molecule has 0 aliphatic carbocycles. The average Bonchev–Trinajstić information content (AvgIpc) is 2.94. The Labute approximate surface area is 137 Å². The first-order chi connectivity index (χ1) is 11.1. The van der Waals surface area contributed by atoms with Crippen LogP contribution in [0.4, 0.5) is 13.2 Å². The second-order valence-corrected chi connectivity index (χ2v) is 7.23. The van der Waals surface area contributed by atoms with Gasteiger partial charge >= 0.3 is 12.1 Å². The van der Waals surface area contributed by atoms with Gasteiger partial charge in [0.05, 0.1) is 16.4 Å². The summed E-state index contributed by atoms with van der Waals surface area (Å²) >= 11 is 0. The minimum absolute atomic E-state index is 0.109. The zero-order valence-electron chi connectivity index (χ0n) is 12.9. The molecule has 9 heteroatoms. The summed E-state index contributed by atoms with van der Waals surface area (Å²) in [6, 6.07) is 3.62. The van der Waals surface area contributed by atoms with Crippen molar-refractivity contribution in [3.8, 4) is 0 Å². The summed E-state index contributed by atoms with van der Waals surface area (Å²) in [6.45, 7) is 3.07. The monoisotopic (exact) mass is 363 g/mol. The topological polar surface area (TPSA) is 72.5 Å². The first-order valence-electron chi connectivity index (χ1n) is 7.10. The molecule has 2 atom stereocenters. The number of esters is 1. The molecule has 5 nitrogen and oxygen atoms in total. The molecule has 1 aromatic rings. The highest BCUT2D eigenvalue weighted by atomic mass is 32.2. The van der Waals surface area contributed by atoms with E-state index in [9.17, 15) is 26.4 Å². The number of carbonyl (C=O) groups is 1. The van der Waals surface area contributed by atoms with Crippen molar-refractivity contribution in [2.75, 3.05) is 6.61 Å². The van der Waals surface area contributed by atoms with Crippen molar-refractivity contribution in [2.45, 2.75) is 31.0 Å². The number of carbonyl (C=O) groups excluding carboxylic acids is 1. The summed E-state index contributed by atoms with van der Waals surface area (Å²) in [4.78, 5) is 10.6. The van der Waals surface area contributed by atoms with Crippen molar-refractivity contribution in [1.82, 2.24) is 5.32 Å². The molecule has 1 N–H and O–H groups in total. The lowest BCUT2D eigenvalue weighted by Gasteiger charge is -2.23. The maximum atomic E-state index is 13.4. The first kappa shape index (κ1) is 18.3. The third kappa shape index (κ3) is 3.40. The van der Waals surface area contributed by atoms with E-state index in [-0.39, 0.29) is 11.5 Å². The highest BCUT2D eigenvalue weighted by molar-refractivity contribution is 7.95. The lowest BCUT2D eigenvalue weighted by molar-refractivity contribution is -0.178. The Balaban J connectivity index is 2.45. The third-order valence-electron chi connectivity index (χ3n) is 3.58. The molecule has 0 saturated carbocycles. The molecule has 0 aromatic heterocycles. The van der Waals surface area contributed by atoms with Gasteiger partial charge in [-0.25, -0.2) is 13.2 Å². The Morgan fingerprint density at radius 2 is 1.83 bits per heavy atom. The highest BCUT2D eigenvalue weighted by Crippen LogP contribution is 2.41. The number of alkyl halides is 3. The summed E-state index contributed by atoms with van der Waals surface area (Å²) in [5.41, 5.74) is 0.768. The lowest BCUT2D eigenvalue weighted by Crippen LogP contribution is -2.44. The molecule has 2 unspecified atom stereocenters. The Kier molecular flexibility index (Phi) is 4.93. The molecule has 2 rings (SSSR count). The fourth-order valence-electron chi connectivity index (χ4n) is 2.41. The number of ether oxygens (including phenoxy) is 1. The minimum Gasteiger partial charge on any atom is -0.464 e. The zero-order valence-corrected chi connectivity index (χ0v) is 13.7. The maximum Gasteiger partial charge on any atom is 0.399 e. The third-order valence-corrected chi connectivity index (χ3v) is 5.46. The molecule has 0 saturated heterocycles. The molecular formula is C15H16F3NO4S. The summed E-state index contributed by atoms with van der Waals surface area (Å²) in [5, 5.41) is 2.20. The van der Waals surface area contributed by atoms with E-state index < -0.39 is 38.8 Å². The molecule has 0 radical (unpaired) electrons. The molecule has 1 heterocycles. The van der Waals surface area contributed by atoms with Crippen LogP contribution in [0.25, 0.3) is 0 Å². The number of benzene rings is 1. The normalized spacial score (nSPS) is 21.1. The van der Waals surface area contributed by atoms with Gasteiger partial charge in [-0.3, -0.25) is 0 Å². The van der Waals surface area contributed by atoms with Gasteiger partial charge in [0.15, 0.2) is 0 Å². The Morgan fingerprint density at radius 1 is 1.25 bits per heavy atom. The van der Waals surface area contributed by atoms with Gasteiger partial charge in [-0.1, -0.05) is 17.7 Å². The molecule has 0 spiro atoms. The molecule has 24 heavy (non-hydrogen) atoms. The van der Waals surface area contributed by atoms with Crippen LogP contribution in [0.15, 0.2) is 40.3 Å². The summed E-state index contributed by atoms with van der Waals surface area (Å²) < 4.78 is 70.0. The predicted molar refractivity (Wildman–Crippen MR) is 79.5 cm³/mol. The molecule has 1 aliphatic rings. The fraction of sp³-hybridized carbons (Fsp3) is 0.400. The van der Waals surface area contributed by atoms with E-state index in [2.05, 4.69) is 10.1 Å². The number of hydrogen-bond donors (Lipinski definition) is 1. The van der Waals surface area contributed by atoms with Crippen molar-refractivity contribution in [3.05, 3.63) is 40.9 Å². The van der Waals surface area contributed by atoms with E-state index in [0.29, 0.717) is 0 Å². The summed E-state index contributed by atoms with van der Waals surface area (Å²) in [5.74, 6) is -3.65. The largest absolute Gasteiger partial charge is 0.464 e. The molecule has 1 aromatic carbocycles. The minimum atomic E-state index is -4.93. The fourth-order valence-corrected chi connectivity index (χ4v) is 4.00. The number of aryl methyl sites for hydroxylation is 1. The Morgan fingerprint density at radius 3 is 2.33 bits per heavy atom. The van der Waals surface area contributed by atoms with Crippen molar-refractivity contribution >= 4 is 15.8 Å². The number of halogens is 3.